The number of carbonyl (C=O) groups excluding carboxylic acids is 2. The normalized spacial score (nSPS) is 21.0. The van der Waals surface area contributed by atoms with E-state index in [1.54, 1.807) is 18.1 Å². The number of ether oxygens (including phenoxy) is 2. The number of ketones is 2. The summed E-state index contributed by atoms with van der Waals surface area (Å²) in [6.07, 6.45) is 3.37. The number of hydrogen-bond acceptors (Lipinski definition) is 6. The second kappa shape index (κ2) is 9.78. The van der Waals surface area contributed by atoms with Crippen LogP contribution in [0.4, 0.5) is 0 Å². The highest BCUT2D eigenvalue weighted by molar-refractivity contribution is 9.10. The minimum absolute atomic E-state index is 0.0575. The first-order valence-corrected chi connectivity index (χ1v) is 13.2. The Bertz CT molecular complexity index is 1200. The standard InChI is InChI=1S/C29H34BrNO6/c1-7-8-37-27-17(30)9-16(10-22(27)36-6)24-25-18(11-28(2,3)13-20(25)32)31(15-23(34)35)19-12-29(4,5)14-21(33)26(19)24/h7,9-10,24H,1,8,11-15H2,2-6H3,(H,34,35). The van der Waals surface area contributed by atoms with Crippen LogP contribution in [-0.4, -0.2) is 47.8 Å². The van der Waals surface area contributed by atoms with Crippen molar-refractivity contribution < 1.29 is 29.0 Å². The Morgan fingerprint density at radius 3 is 2.08 bits per heavy atom. The fraction of sp³-hybridized carbons (Fsp3) is 0.483. The highest BCUT2D eigenvalue weighted by Crippen LogP contribution is 2.55. The van der Waals surface area contributed by atoms with Crippen LogP contribution < -0.4 is 9.47 Å². The number of nitrogens with zero attached hydrogens (tertiary/aromatic N) is 1. The van der Waals surface area contributed by atoms with Crippen molar-refractivity contribution in [3.05, 3.63) is 57.4 Å². The second-order valence-corrected chi connectivity index (χ2v) is 12.5. The van der Waals surface area contributed by atoms with Gasteiger partial charge in [0.05, 0.1) is 11.6 Å². The van der Waals surface area contributed by atoms with Crippen LogP contribution in [0.15, 0.2) is 51.8 Å². The predicted molar refractivity (Wildman–Crippen MR) is 144 cm³/mol. The highest BCUT2D eigenvalue weighted by atomic mass is 79.9. The van der Waals surface area contributed by atoms with E-state index >= 15 is 0 Å². The smallest absolute Gasteiger partial charge is 0.323 e. The van der Waals surface area contributed by atoms with Crippen LogP contribution in [0.5, 0.6) is 11.5 Å². The van der Waals surface area contributed by atoms with Crippen molar-refractivity contribution in [2.45, 2.75) is 59.3 Å². The van der Waals surface area contributed by atoms with Crippen LogP contribution in [0.2, 0.25) is 0 Å². The highest BCUT2D eigenvalue weighted by Gasteiger charge is 2.49. The number of aliphatic carboxylic acids is 1. The average molecular weight is 572 g/mol. The largest absolute Gasteiger partial charge is 0.493 e. The molecule has 0 saturated carbocycles. The van der Waals surface area contributed by atoms with E-state index in [9.17, 15) is 19.5 Å². The summed E-state index contributed by atoms with van der Waals surface area (Å²) in [5, 5.41) is 9.83. The van der Waals surface area contributed by atoms with E-state index < -0.39 is 11.9 Å². The fourth-order valence-electron chi connectivity index (χ4n) is 5.90. The predicted octanol–water partition coefficient (Wildman–Crippen LogP) is 5.79. The van der Waals surface area contributed by atoms with Crippen LogP contribution in [0.1, 0.15) is 64.9 Å². The maximum Gasteiger partial charge on any atom is 0.323 e. The summed E-state index contributed by atoms with van der Waals surface area (Å²) in [4.78, 5) is 41.3. The quantitative estimate of drug-likeness (QED) is 0.414. The third-order valence-corrected chi connectivity index (χ3v) is 7.83. The summed E-state index contributed by atoms with van der Waals surface area (Å²) in [7, 11) is 1.54. The minimum Gasteiger partial charge on any atom is -0.493 e. The van der Waals surface area contributed by atoms with E-state index in [0.717, 1.165) is 5.56 Å². The summed E-state index contributed by atoms with van der Waals surface area (Å²) < 4.78 is 12.1. The Labute approximate surface area is 226 Å². The molecule has 0 amide bonds. The molecule has 1 N–H and O–H groups in total. The Hall–Kier alpha value is -2.87. The van der Waals surface area contributed by atoms with Gasteiger partial charge in [-0.25, -0.2) is 0 Å². The van der Waals surface area contributed by atoms with E-state index in [1.165, 1.54) is 0 Å². The molecule has 0 unspecified atom stereocenters. The van der Waals surface area contributed by atoms with Crippen LogP contribution in [0.3, 0.4) is 0 Å². The van der Waals surface area contributed by atoms with Crippen LogP contribution >= 0.6 is 15.9 Å². The molecule has 8 heteroatoms. The van der Waals surface area contributed by atoms with E-state index in [2.05, 4.69) is 22.5 Å². The molecule has 0 fully saturated rings. The molecule has 0 spiro atoms. The van der Waals surface area contributed by atoms with Gasteiger partial charge in [-0.3, -0.25) is 14.4 Å². The fourth-order valence-corrected chi connectivity index (χ4v) is 6.47. The molecule has 7 nitrogen and oxygen atoms in total. The third-order valence-electron chi connectivity index (χ3n) is 7.25. The molecule has 1 aliphatic heterocycles. The Morgan fingerprint density at radius 2 is 1.62 bits per heavy atom. The molecular weight excluding hydrogens is 538 g/mol. The number of allylic oxidation sites excluding steroid dienone is 4. The van der Waals surface area contributed by atoms with Crippen LogP contribution in [-0.2, 0) is 14.4 Å². The molecule has 0 bridgehead atoms. The van der Waals surface area contributed by atoms with Gasteiger partial charge in [0.2, 0.25) is 0 Å². The van der Waals surface area contributed by atoms with Crippen molar-refractivity contribution in [1.29, 1.82) is 0 Å². The SMILES string of the molecule is C=CCOc1c(Br)cc(C2C3=C(CC(C)(C)CC3=O)N(CC(=O)O)C3=C2C(=O)CC(C)(C)C3)cc1OC. The number of halogens is 1. The minimum atomic E-state index is -1.00. The lowest BCUT2D eigenvalue weighted by Gasteiger charge is -2.48. The molecule has 0 saturated heterocycles. The van der Waals surface area contributed by atoms with Crippen molar-refractivity contribution in [3.63, 3.8) is 0 Å². The van der Waals surface area contributed by atoms with Gasteiger partial charge in [-0.1, -0.05) is 40.3 Å². The van der Waals surface area contributed by atoms with Crippen LogP contribution in [0.25, 0.3) is 0 Å². The lowest BCUT2D eigenvalue weighted by molar-refractivity contribution is -0.138. The molecule has 0 atom stereocenters. The Kier molecular flexibility index (Phi) is 7.18. The van der Waals surface area contributed by atoms with Crippen molar-refractivity contribution in [3.8, 4) is 11.5 Å². The molecule has 1 aromatic carbocycles. The molecule has 0 aromatic heterocycles. The summed E-state index contributed by atoms with van der Waals surface area (Å²) in [6.45, 7) is 11.8. The summed E-state index contributed by atoms with van der Waals surface area (Å²) in [5.74, 6) is -0.755. The number of carboxylic acids is 1. The summed E-state index contributed by atoms with van der Waals surface area (Å²) in [6, 6.07) is 3.68. The number of carboxylic acid groups (broad SMARTS) is 1. The maximum atomic E-state index is 13.8. The molecule has 0 radical (unpaired) electrons. The number of rotatable bonds is 7. The zero-order valence-corrected chi connectivity index (χ0v) is 23.7. The summed E-state index contributed by atoms with van der Waals surface area (Å²) in [5.41, 5.74) is 2.52. The maximum absolute atomic E-state index is 13.8. The zero-order chi connectivity index (χ0) is 27.3. The van der Waals surface area contributed by atoms with Gasteiger partial charge >= 0.3 is 5.97 Å². The molecular formula is C29H34BrNO6. The van der Waals surface area contributed by atoms with Crippen LogP contribution in [0, 0.1) is 10.8 Å². The average Bonchev–Trinajstić information content (AvgIpc) is 2.77. The van der Waals surface area contributed by atoms with Crippen molar-refractivity contribution in [2.75, 3.05) is 20.3 Å². The van der Waals surface area contributed by atoms with Gasteiger partial charge in [-0.15, -0.1) is 0 Å². The first-order valence-electron chi connectivity index (χ1n) is 12.4. The van der Waals surface area contributed by atoms with Gasteiger partial charge in [0.25, 0.3) is 0 Å². The van der Waals surface area contributed by atoms with E-state index in [1.807, 2.05) is 39.8 Å². The second-order valence-electron chi connectivity index (χ2n) is 11.6. The molecule has 3 aliphatic rings. The first kappa shape index (κ1) is 27.2. The third kappa shape index (κ3) is 5.13. The number of Topliss-reactive ketones (excluding diaryl/α,β-unsaturated/α-hetero) is 2. The lowest BCUT2D eigenvalue weighted by Crippen LogP contribution is -2.45. The van der Waals surface area contributed by atoms with Crippen molar-refractivity contribution in [1.82, 2.24) is 4.90 Å². The number of hydrogen-bond donors (Lipinski definition) is 1. The topological polar surface area (TPSA) is 93.1 Å². The number of methoxy groups -OCH3 is 1. The number of carbonyl (C=O) groups is 3. The van der Waals surface area contributed by atoms with E-state index in [-0.39, 0.29) is 35.5 Å². The number of benzene rings is 1. The molecule has 37 heavy (non-hydrogen) atoms. The molecule has 1 heterocycles. The summed E-state index contributed by atoms with van der Waals surface area (Å²) >= 11 is 3.59. The Morgan fingerprint density at radius 1 is 1.08 bits per heavy atom. The van der Waals surface area contributed by atoms with Gasteiger partial charge < -0.3 is 19.5 Å². The van der Waals surface area contributed by atoms with Crippen molar-refractivity contribution in [2.24, 2.45) is 10.8 Å². The molecule has 1 aromatic rings. The van der Waals surface area contributed by atoms with Gasteiger partial charge in [-0.2, -0.15) is 0 Å². The monoisotopic (exact) mass is 571 g/mol. The zero-order valence-electron chi connectivity index (χ0n) is 22.1. The van der Waals surface area contributed by atoms with Gasteiger partial charge in [-0.05, 0) is 57.3 Å². The van der Waals surface area contributed by atoms with E-state index in [4.69, 9.17) is 9.47 Å². The van der Waals surface area contributed by atoms with Crippen molar-refractivity contribution >= 4 is 33.5 Å². The van der Waals surface area contributed by atoms with Gasteiger partial charge in [0.15, 0.2) is 23.1 Å². The lowest BCUT2D eigenvalue weighted by atomic mass is 9.63. The molecule has 2 aliphatic carbocycles. The Balaban J connectivity index is 2.01. The molecule has 198 valence electrons. The van der Waals surface area contributed by atoms with Gasteiger partial charge in [0.1, 0.15) is 13.2 Å². The van der Waals surface area contributed by atoms with E-state index in [0.29, 0.717) is 64.2 Å². The molecule has 4 rings (SSSR count). The first-order chi connectivity index (χ1) is 17.3. The van der Waals surface area contributed by atoms with Gasteiger partial charge in [0, 0.05) is 41.3 Å².